The van der Waals surface area contributed by atoms with Crippen LogP contribution in [-0.4, -0.2) is 23.4 Å². The minimum absolute atomic E-state index is 0.00302. The molecule has 1 aromatic rings. The first kappa shape index (κ1) is 16.7. The quantitative estimate of drug-likeness (QED) is 0.789. The number of aliphatic hydroxyl groups is 1. The Morgan fingerprint density at radius 1 is 1.43 bits per heavy atom. The van der Waals surface area contributed by atoms with Gasteiger partial charge in [-0.15, -0.1) is 11.3 Å². The predicted octanol–water partition coefficient (Wildman–Crippen LogP) is 3.65. The fraction of sp³-hybridized carbons (Fsp3) is 0.647. The molecule has 4 atom stereocenters. The summed E-state index contributed by atoms with van der Waals surface area (Å²) in [4.78, 5) is 0.976. The molecule has 0 saturated carbocycles. The zero-order valence-electron chi connectivity index (χ0n) is 13.2. The minimum Gasteiger partial charge on any atom is -0.383 e. The van der Waals surface area contributed by atoms with Crippen LogP contribution >= 0.6 is 11.3 Å². The van der Waals surface area contributed by atoms with E-state index in [1.807, 2.05) is 17.5 Å². The molecule has 0 bridgehead atoms. The van der Waals surface area contributed by atoms with Gasteiger partial charge in [0.05, 0.1) is 12.2 Å². The molecule has 3 nitrogen and oxygen atoms in total. The van der Waals surface area contributed by atoms with Crippen LogP contribution < -0.4 is 5.73 Å². The van der Waals surface area contributed by atoms with Gasteiger partial charge in [-0.05, 0) is 36.3 Å². The first-order valence-corrected chi connectivity index (χ1v) is 8.77. The van der Waals surface area contributed by atoms with Crippen LogP contribution in [0.1, 0.15) is 51.0 Å². The predicted molar refractivity (Wildman–Crippen MR) is 88.4 cm³/mol. The lowest BCUT2D eigenvalue weighted by atomic mass is 9.82. The molecule has 1 aromatic heterocycles. The zero-order valence-corrected chi connectivity index (χ0v) is 14.0. The van der Waals surface area contributed by atoms with Gasteiger partial charge in [-0.2, -0.15) is 0 Å². The number of hydrogen-bond donors (Lipinski definition) is 2. The second-order valence-electron chi connectivity index (χ2n) is 5.93. The zero-order chi connectivity index (χ0) is 15.4. The van der Waals surface area contributed by atoms with Crippen LogP contribution in [0.25, 0.3) is 0 Å². The molecule has 118 valence electrons. The Morgan fingerprint density at radius 2 is 2.14 bits per heavy atom. The molecule has 4 heteroatoms. The summed E-state index contributed by atoms with van der Waals surface area (Å²) >= 11 is 1.58. The highest BCUT2D eigenvalue weighted by Crippen LogP contribution is 2.35. The van der Waals surface area contributed by atoms with Crippen molar-refractivity contribution in [3.05, 3.63) is 34.0 Å². The fourth-order valence-electron chi connectivity index (χ4n) is 2.83. The average molecular weight is 309 g/mol. The van der Waals surface area contributed by atoms with E-state index < -0.39 is 6.10 Å². The normalized spacial score (nSPS) is 27.7. The maximum absolute atomic E-state index is 10.5. The van der Waals surface area contributed by atoms with E-state index in [4.69, 9.17) is 10.5 Å². The molecule has 0 aliphatic heterocycles. The first-order chi connectivity index (χ1) is 10.1. The lowest BCUT2D eigenvalue weighted by molar-refractivity contribution is -0.0265. The molecule has 2 rings (SSSR count). The fourth-order valence-corrected chi connectivity index (χ4v) is 3.58. The van der Waals surface area contributed by atoms with Crippen LogP contribution in [0.2, 0.25) is 0 Å². The van der Waals surface area contributed by atoms with Crippen LogP contribution in [0.5, 0.6) is 0 Å². The van der Waals surface area contributed by atoms with Crippen molar-refractivity contribution < 1.29 is 9.84 Å². The highest BCUT2D eigenvalue weighted by Gasteiger charge is 2.32. The maximum Gasteiger partial charge on any atom is 0.109 e. The molecule has 0 aromatic carbocycles. The summed E-state index contributed by atoms with van der Waals surface area (Å²) in [6.07, 6.45) is 4.58. The van der Waals surface area contributed by atoms with Crippen molar-refractivity contribution >= 4 is 11.3 Å². The van der Waals surface area contributed by atoms with Crippen molar-refractivity contribution in [2.45, 2.75) is 64.4 Å². The van der Waals surface area contributed by atoms with E-state index in [0.717, 1.165) is 29.7 Å². The van der Waals surface area contributed by atoms with Crippen molar-refractivity contribution in [2.24, 2.45) is 11.7 Å². The summed E-state index contributed by atoms with van der Waals surface area (Å²) in [5.41, 5.74) is 7.28. The molecular weight excluding hydrogens is 282 g/mol. The first-order valence-electron chi connectivity index (χ1n) is 7.89. The number of nitrogens with two attached hydrogens (primary N) is 1. The van der Waals surface area contributed by atoms with Crippen molar-refractivity contribution in [3.63, 3.8) is 0 Å². The van der Waals surface area contributed by atoms with Gasteiger partial charge in [0, 0.05) is 16.8 Å². The maximum atomic E-state index is 10.5. The Labute approximate surface area is 131 Å². The third-order valence-electron chi connectivity index (χ3n) is 4.47. The molecule has 0 amide bonds. The molecule has 1 unspecified atom stereocenters. The van der Waals surface area contributed by atoms with Gasteiger partial charge < -0.3 is 15.6 Å². The third kappa shape index (κ3) is 3.95. The highest BCUT2D eigenvalue weighted by atomic mass is 32.1. The monoisotopic (exact) mass is 309 g/mol. The van der Waals surface area contributed by atoms with Gasteiger partial charge in [-0.1, -0.05) is 32.9 Å². The summed E-state index contributed by atoms with van der Waals surface area (Å²) in [6.45, 7) is 6.43. The van der Waals surface area contributed by atoms with Gasteiger partial charge in [0.15, 0.2) is 0 Å². The largest absolute Gasteiger partial charge is 0.383 e. The number of ether oxygens (including phenoxy) is 1. The molecule has 3 N–H and O–H groups in total. The SMILES string of the molecule is CCC(CC)O[C@@H]1C=C(C(O)c2cccs2)C[C@H](N)[C@H]1C. The van der Waals surface area contributed by atoms with Gasteiger partial charge in [0.1, 0.15) is 6.10 Å². The summed E-state index contributed by atoms with van der Waals surface area (Å²) in [7, 11) is 0. The molecular formula is C17H27NO2S. The Bertz CT molecular complexity index is 453. The lowest BCUT2D eigenvalue weighted by Crippen LogP contribution is -2.42. The number of thiophene rings is 1. The smallest absolute Gasteiger partial charge is 0.109 e. The lowest BCUT2D eigenvalue weighted by Gasteiger charge is -2.36. The van der Waals surface area contributed by atoms with Crippen molar-refractivity contribution in [2.75, 3.05) is 0 Å². The van der Waals surface area contributed by atoms with Crippen molar-refractivity contribution in [3.8, 4) is 0 Å². The molecule has 0 fully saturated rings. The number of aliphatic hydroxyl groups excluding tert-OH is 1. The topological polar surface area (TPSA) is 55.5 Å². The Morgan fingerprint density at radius 3 is 2.71 bits per heavy atom. The molecule has 0 spiro atoms. The van der Waals surface area contributed by atoms with E-state index in [0.29, 0.717) is 0 Å². The summed E-state index contributed by atoms with van der Waals surface area (Å²) in [5, 5.41) is 12.5. The van der Waals surface area contributed by atoms with E-state index in [2.05, 4.69) is 26.8 Å². The minimum atomic E-state index is -0.545. The molecule has 1 heterocycles. The van der Waals surface area contributed by atoms with Gasteiger partial charge >= 0.3 is 0 Å². The Hall–Kier alpha value is -0.680. The Balaban J connectivity index is 2.17. The van der Waals surface area contributed by atoms with E-state index in [1.165, 1.54) is 0 Å². The average Bonchev–Trinajstić information content (AvgIpc) is 3.02. The van der Waals surface area contributed by atoms with Crippen molar-refractivity contribution in [1.82, 2.24) is 0 Å². The molecule has 0 radical (unpaired) electrons. The Kier molecular flexibility index (Phi) is 5.99. The van der Waals surface area contributed by atoms with Gasteiger partial charge in [-0.3, -0.25) is 0 Å². The van der Waals surface area contributed by atoms with Crippen LogP contribution in [0.15, 0.2) is 29.2 Å². The van der Waals surface area contributed by atoms with Crippen LogP contribution in [-0.2, 0) is 4.74 Å². The van der Waals surface area contributed by atoms with Gasteiger partial charge in [0.25, 0.3) is 0 Å². The summed E-state index contributed by atoms with van der Waals surface area (Å²) in [5.74, 6) is 0.282. The summed E-state index contributed by atoms with van der Waals surface area (Å²) < 4.78 is 6.21. The molecule has 21 heavy (non-hydrogen) atoms. The second-order valence-corrected chi connectivity index (χ2v) is 6.91. The molecule has 1 aliphatic carbocycles. The number of hydrogen-bond acceptors (Lipinski definition) is 4. The van der Waals surface area contributed by atoms with Crippen LogP contribution in [0.4, 0.5) is 0 Å². The van der Waals surface area contributed by atoms with E-state index in [9.17, 15) is 5.11 Å². The van der Waals surface area contributed by atoms with E-state index >= 15 is 0 Å². The van der Waals surface area contributed by atoms with Crippen LogP contribution in [0, 0.1) is 5.92 Å². The standard InChI is InChI=1S/C17H27NO2S/c1-4-13(5-2)20-15-10-12(9-14(18)11(15)3)17(19)16-7-6-8-21-16/h6-8,10-11,13-15,17,19H,4-5,9,18H2,1-3H3/t11-,14+,15-,17?/m1/s1. The molecule has 0 saturated heterocycles. The van der Waals surface area contributed by atoms with Gasteiger partial charge in [0.2, 0.25) is 0 Å². The highest BCUT2D eigenvalue weighted by molar-refractivity contribution is 7.10. The van der Waals surface area contributed by atoms with Gasteiger partial charge in [-0.25, -0.2) is 0 Å². The number of rotatable bonds is 6. The summed E-state index contributed by atoms with van der Waals surface area (Å²) in [6, 6.07) is 3.98. The van der Waals surface area contributed by atoms with Crippen LogP contribution in [0.3, 0.4) is 0 Å². The van der Waals surface area contributed by atoms with Crippen molar-refractivity contribution in [1.29, 1.82) is 0 Å². The third-order valence-corrected chi connectivity index (χ3v) is 5.39. The van der Waals surface area contributed by atoms with E-state index in [-0.39, 0.29) is 24.2 Å². The second kappa shape index (κ2) is 7.54. The van der Waals surface area contributed by atoms with E-state index in [1.54, 1.807) is 11.3 Å². The molecule has 1 aliphatic rings.